The Labute approximate surface area is 252 Å². The van der Waals surface area contributed by atoms with E-state index in [4.69, 9.17) is 0 Å². The van der Waals surface area contributed by atoms with E-state index >= 15 is 0 Å². The summed E-state index contributed by atoms with van der Waals surface area (Å²) in [5, 5.41) is 0. The molecule has 0 bridgehead atoms. The summed E-state index contributed by atoms with van der Waals surface area (Å²) in [6.07, 6.45) is 17.8. The molecule has 0 heterocycles. The van der Waals surface area contributed by atoms with Gasteiger partial charge in [-0.1, -0.05) is 24.3 Å². The van der Waals surface area contributed by atoms with Crippen LogP contribution in [0.15, 0.2) is 108 Å². The Hall–Kier alpha value is -3.60. The lowest BCUT2D eigenvalue weighted by molar-refractivity contribution is -0.462. The van der Waals surface area contributed by atoms with Gasteiger partial charge in [-0.05, 0) is 82.0 Å². The first-order valence-corrected chi connectivity index (χ1v) is 13.0. The molecule has 0 spiro atoms. The number of nitrogens with zero attached hydrogens (tertiary/aromatic N) is 4. The molecule has 4 rings (SSSR count). The SMILES string of the molecule is CN(C)c1ccc(C(=C2C=CC(=[N+](C)C)C=C2)C(=C2C=CC(=[N+](C)C)C=C2)c2ccc(N(C)C)cc2)cc1.[Cl-].[Cl-]. The number of hydrogen-bond acceptors (Lipinski definition) is 2. The first-order chi connectivity index (χ1) is 18.2. The van der Waals surface area contributed by atoms with E-state index in [0.717, 1.165) is 0 Å². The van der Waals surface area contributed by atoms with Crippen LogP contribution in [0.4, 0.5) is 11.4 Å². The molecule has 0 atom stereocenters. The van der Waals surface area contributed by atoms with Gasteiger partial charge in [0.05, 0.1) is 0 Å². The van der Waals surface area contributed by atoms with Crippen molar-refractivity contribution in [2.75, 3.05) is 66.2 Å². The van der Waals surface area contributed by atoms with Crippen molar-refractivity contribution in [3.05, 3.63) is 119 Å². The highest BCUT2D eigenvalue weighted by atomic mass is 35.5. The van der Waals surface area contributed by atoms with E-state index < -0.39 is 0 Å². The van der Waals surface area contributed by atoms with Crippen molar-refractivity contribution in [2.24, 2.45) is 0 Å². The van der Waals surface area contributed by atoms with Crippen molar-refractivity contribution in [3.8, 4) is 0 Å². The minimum atomic E-state index is 0. The molecule has 2 aliphatic rings. The minimum absolute atomic E-state index is 0. The third-order valence-electron chi connectivity index (χ3n) is 6.94. The molecular formula is C34H40Cl2N4. The predicted octanol–water partition coefficient (Wildman–Crippen LogP) is -0.288. The molecule has 2 aliphatic carbocycles. The van der Waals surface area contributed by atoms with Crippen LogP contribution >= 0.6 is 0 Å². The van der Waals surface area contributed by atoms with Crippen LogP contribution in [0.25, 0.3) is 11.1 Å². The van der Waals surface area contributed by atoms with E-state index in [0.29, 0.717) is 0 Å². The normalized spacial score (nSPS) is 13.5. The lowest BCUT2D eigenvalue weighted by Gasteiger charge is -2.22. The first kappa shape index (κ1) is 32.6. The molecule has 6 heteroatoms. The molecule has 0 N–H and O–H groups in total. The van der Waals surface area contributed by atoms with Crippen LogP contribution in [-0.4, -0.2) is 77.0 Å². The van der Waals surface area contributed by atoms with Gasteiger partial charge in [0.25, 0.3) is 0 Å². The van der Waals surface area contributed by atoms with Crippen LogP contribution in [0.2, 0.25) is 0 Å². The third kappa shape index (κ3) is 7.32. The highest BCUT2D eigenvalue weighted by molar-refractivity contribution is 6.13. The fraction of sp³-hybridized carbons (Fsp3) is 0.235. The van der Waals surface area contributed by atoms with E-state index in [9.17, 15) is 0 Å². The standard InChI is InChI=1S/C34H40N4.2ClH/c1-35(2)29-17-9-25(10-18-29)33(26-11-19-30(20-12-26)36(3)4)34(27-13-21-31(22-14-27)37(5)6)28-15-23-32(24-16-28)38(7)8;;/h9-24H,1-8H3;2*1H/q+2;;/p-2. The smallest absolute Gasteiger partial charge is 0.199 e. The van der Waals surface area contributed by atoms with Crippen molar-refractivity contribution in [1.82, 2.24) is 0 Å². The van der Waals surface area contributed by atoms with E-state index in [1.807, 2.05) is 0 Å². The Balaban J connectivity index is 0.00000280. The quantitative estimate of drug-likeness (QED) is 0.455. The van der Waals surface area contributed by atoms with Crippen LogP contribution in [-0.2, 0) is 0 Å². The zero-order chi connectivity index (χ0) is 27.4. The Morgan fingerprint density at radius 3 is 0.950 bits per heavy atom. The maximum atomic E-state index is 2.24. The molecule has 0 fully saturated rings. The van der Waals surface area contributed by atoms with Crippen molar-refractivity contribution >= 4 is 33.9 Å². The predicted molar refractivity (Wildman–Crippen MR) is 166 cm³/mol. The summed E-state index contributed by atoms with van der Waals surface area (Å²) >= 11 is 0. The van der Waals surface area contributed by atoms with Crippen molar-refractivity contribution in [1.29, 1.82) is 0 Å². The monoisotopic (exact) mass is 574 g/mol. The van der Waals surface area contributed by atoms with Gasteiger partial charge in [0.1, 0.15) is 28.2 Å². The van der Waals surface area contributed by atoms with Gasteiger partial charge in [-0.2, -0.15) is 0 Å². The Kier molecular flexibility index (Phi) is 11.5. The van der Waals surface area contributed by atoms with Crippen molar-refractivity contribution < 1.29 is 34.0 Å². The van der Waals surface area contributed by atoms with Gasteiger partial charge in [0, 0.05) is 63.9 Å². The van der Waals surface area contributed by atoms with E-state index in [1.54, 1.807) is 0 Å². The summed E-state index contributed by atoms with van der Waals surface area (Å²) in [6.45, 7) is 0. The van der Waals surface area contributed by atoms with Gasteiger partial charge in [0.15, 0.2) is 11.4 Å². The molecule has 0 amide bonds. The molecular weight excluding hydrogens is 535 g/mol. The average Bonchev–Trinajstić information content (AvgIpc) is 2.92. The number of rotatable bonds is 5. The second kappa shape index (κ2) is 14.2. The summed E-state index contributed by atoms with van der Waals surface area (Å²) < 4.78 is 4.28. The second-order valence-electron chi connectivity index (χ2n) is 10.5. The molecule has 2 aromatic rings. The van der Waals surface area contributed by atoms with Gasteiger partial charge < -0.3 is 34.6 Å². The Morgan fingerprint density at radius 1 is 0.450 bits per heavy atom. The maximum absolute atomic E-state index is 2.24. The van der Waals surface area contributed by atoms with Gasteiger partial charge >= 0.3 is 0 Å². The summed E-state index contributed by atoms with van der Waals surface area (Å²) in [6, 6.07) is 17.8. The second-order valence-corrected chi connectivity index (χ2v) is 10.5. The lowest BCUT2D eigenvalue weighted by atomic mass is 9.83. The molecule has 0 aliphatic heterocycles. The van der Waals surface area contributed by atoms with E-state index in [1.165, 1.54) is 56.2 Å². The van der Waals surface area contributed by atoms with E-state index in [2.05, 4.69) is 172 Å². The van der Waals surface area contributed by atoms with Gasteiger partial charge in [-0.25, -0.2) is 9.15 Å². The summed E-state index contributed by atoms with van der Waals surface area (Å²) in [4.78, 5) is 4.28. The number of anilines is 2. The fourth-order valence-corrected chi connectivity index (χ4v) is 4.62. The lowest BCUT2D eigenvalue weighted by Crippen LogP contribution is -3.00. The highest BCUT2D eigenvalue weighted by Gasteiger charge is 2.20. The van der Waals surface area contributed by atoms with Crippen LogP contribution in [0, 0.1) is 0 Å². The molecule has 0 saturated heterocycles. The number of allylic oxidation sites excluding steroid dienone is 12. The van der Waals surface area contributed by atoms with Gasteiger partial charge in [-0.15, -0.1) is 0 Å². The largest absolute Gasteiger partial charge is 1.00 e. The highest BCUT2D eigenvalue weighted by Crippen LogP contribution is 2.40. The zero-order valence-corrected chi connectivity index (χ0v) is 26.3. The van der Waals surface area contributed by atoms with Crippen molar-refractivity contribution in [3.63, 3.8) is 0 Å². The Morgan fingerprint density at radius 2 is 0.725 bits per heavy atom. The maximum Gasteiger partial charge on any atom is 0.199 e. The molecule has 210 valence electrons. The summed E-state index contributed by atoms with van der Waals surface area (Å²) in [5.74, 6) is 0. The molecule has 0 unspecified atom stereocenters. The minimum Gasteiger partial charge on any atom is -1.00 e. The molecule has 2 aromatic carbocycles. The topological polar surface area (TPSA) is 12.5 Å². The molecule has 40 heavy (non-hydrogen) atoms. The van der Waals surface area contributed by atoms with Crippen molar-refractivity contribution in [2.45, 2.75) is 0 Å². The average molecular weight is 576 g/mol. The number of halogens is 2. The fourth-order valence-electron chi connectivity index (χ4n) is 4.62. The van der Waals surface area contributed by atoms with E-state index in [-0.39, 0.29) is 24.8 Å². The third-order valence-corrected chi connectivity index (χ3v) is 6.94. The van der Waals surface area contributed by atoms with Crippen LogP contribution < -0.4 is 34.6 Å². The molecule has 0 radical (unpaired) electrons. The van der Waals surface area contributed by atoms with Crippen LogP contribution in [0.1, 0.15) is 11.1 Å². The Bertz CT molecular complexity index is 1300. The number of hydrogen-bond donors (Lipinski definition) is 0. The van der Waals surface area contributed by atoms with Gasteiger partial charge in [-0.3, -0.25) is 0 Å². The van der Waals surface area contributed by atoms with Crippen LogP contribution in [0.3, 0.4) is 0 Å². The molecule has 0 saturated carbocycles. The summed E-state index contributed by atoms with van der Waals surface area (Å²) in [5.41, 5.74) is 11.9. The summed E-state index contributed by atoms with van der Waals surface area (Å²) in [7, 11) is 16.6. The molecule has 4 nitrogen and oxygen atoms in total. The number of benzene rings is 2. The van der Waals surface area contributed by atoms with Gasteiger partial charge in [0.2, 0.25) is 0 Å². The zero-order valence-electron chi connectivity index (χ0n) is 24.8. The van der Waals surface area contributed by atoms with Crippen LogP contribution in [0.5, 0.6) is 0 Å². The first-order valence-electron chi connectivity index (χ1n) is 13.0. The molecule has 0 aromatic heterocycles.